The quantitative estimate of drug-likeness (QED) is 0.429. The molecular weight excluding hydrogens is 342 g/mol. The van der Waals surface area contributed by atoms with Crippen LogP contribution in [0.3, 0.4) is 0 Å². The van der Waals surface area contributed by atoms with E-state index < -0.39 is 34.3 Å². The van der Waals surface area contributed by atoms with Crippen LogP contribution < -0.4 is 10.6 Å². The van der Waals surface area contributed by atoms with Crippen LogP contribution >= 0.6 is 0 Å². The zero-order valence-electron chi connectivity index (χ0n) is 15.2. The van der Waals surface area contributed by atoms with Crippen molar-refractivity contribution in [1.82, 2.24) is 10.6 Å². The lowest BCUT2D eigenvalue weighted by Crippen LogP contribution is -2.46. The minimum Gasteiger partial charge on any atom is -0.452 e. The van der Waals surface area contributed by atoms with Gasteiger partial charge in [-0.25, -0.2) is 0 Å². The molecular formula is C17H23N3O6. The summed E-state index contributed by atoms with van der Waals surface area (Å²) in [6.45, 7) is 6.92. The van der Waals surface area contributed by atoms with Gasteiger partial charge < -0.3 is 15.4 Å². The fourth-order valence-electron chi connectivity index (χ4n) is 1.90. The van der Waals surface area contributed by atoms with E-state index in [1.807, 2.05) is 20.8 Å². The topological polar surface area (TPSA) is 128 Å². The molecule has 0 aliphatic rings. The van der Waals surface area contributed by atoms with E-state index in [1.165, 1.54) is 31.2 Å². The maximum atomic E-state index is 11.9. The third kappa shape index (κ3) is 7.29. The van der Waals surface area contributed by atoms with Gasteiger partial charge in [0, 0.05) is 29.8 Å². The van der Waals surface area contributed by atoms with Crippen LogP contribution in [0.4, 0.5) is 5.69 Å². The van der Waals surface area contributed by atoms with Gasteiger partial charge in [0.2, 0.25) is 0 Å². The molecule has 0 aliphatic heterocycles. The maximum Gasteiger partial charge on any atom is 0.308 e. The van der Waals surface area contributed by atoms with Crippen molar-refractivity contribution >= 4 is 23.5 Å². The van der Waals surface area contributed by atoms with Gasteiger partial charge in [0.25, 0.3) is 17.5 Å². The van der Waals surface area contributed by atoms with E-state index in [9.17, 15) is 24.5 Å². The van der Waals surface area contributed by atoms with Crippen LogP contribution in [0.5, 0.6) is 0 Å². The normalized spacial score (nSPS) is 12.0. The van der Waals surface area contributed by atoms with E-state index in [1.54, 1.807) is 0 Å². The van der Waals surface area contributed by atoms with Crippen LogP contribution in [-0.4, -0.2) is 40.9 Å². The highest BCUT2D eigenvalue weighted by Crippen LogP contribution is 2.11. The third-order valence-electron chi connectivity index (χ3n) is 3.13. The van der Waals surface area contributed by atoms with Gasteiger partial charge in [-0.1, -0.05) is 0 Å². The molecule has 0 saturated carbocycles. The number of carbonyl (C=O) groups excluding carboxylic acids is 3. The number of nitro groups is 1. The van der Waals surface area contributed by atoms with Crippen LogP contribution in [0.25, 0.3) is 0 Å². The summed E-state index contributed by atoms with van der Waals surface area (Å²) in [4.78, 5) is 45.5. The van der Waals surface area contributed by atoms with Gasteiger partial charge in [0.15, 0.2) is 6.10 Å². The molecule has 26 heavy (non-hydrogen) atoms. The number of nitro benzene ring substituents is 1. The van der Waals surface area contributed by atoms with E-state index in [0.29, 0.717) is 0 Å². The fourth-order valence-corrected chi connectivity index (χ4v) is 1.90. The van der Waals surface area contributed by atoms with Gasteiger partial charge in [-0.3, -0.25) is 24.5 Å². The number of rotatable bonds is 7. The predicted octanol–water partition coefficient (Wildman–Crippen LogP) is 1.56. The van der Waals surface area contributed by atoms with Crippen LogP contribution in [0.15, 0.2) is 24.3 Å². The largest absolute Gasteiger partial charge is 0.452 e. The fraction of sp³-hybridized carbons (Fsp3) is 0.471. The first-order valence-electron chi connectivity index (χ1n) is 8.04. The van der Waals surface area contributed by atoms with Gasteiger partial charge in [0.1, 0.15) is 0 Å². The number of nitrogens with zero attached hydrogens (tertiary/aromatic N) is 1. The highest BCUT2D eigenvalue weighted by atomic mass is 16.6. The Labute approximate surface area is 151 Å². The standard InChI is InChI=1S/C17H23N3O6/c1-11(15(22)19-17(2,3)4)26-14(21)9-10-18-16(23)12-5-7-13(8-6-12)20(24)25/h5-8,11H,9-10H2,1-4H3,(H,18,23)(H,19,22)/t11-/m0/s1. The SMILES string of the molecule is C[C@H](OC(=O)CCNC(=O)c1ccc([N+](=O)[O-])cc1)C(=O)NC(C)(C)C. The summed E-state index contributed by atoms with van der Waals surface area (Å²) in [6, 6.07) is 5.09. The summed E-state index contributed by atoms with van der Waals surface area (Å²) < 4.78 is 5.01. The molecule has 1 aromatic rings. The highest BCUT2D eigenvalue weighted by molar-refractivity contribution is 5.94. The van der Waals surface area contributed by atoms with Crippen molar-refractivity contribution in [3.63, 3.8) is 0 Å². The van der Waals surface area contributed by atoms with Crippen LogP contribution in [0.1, 0.15) is 44.5 Å². The number of ether oxygens (including phenoxy) is 1. The Morgan fingerprint density at radius 2 is 1.77 bits per heavy atom. The van der Waals surface area contributed by atoms with Crippen LogP contribution in [-0.2, 0) is 14.3 Å². The number of amides is 2. The maximum absolute atomic E-state index is 11.9. The Bertz CT molecular complexity index is 679. The zero-order chi connectivity index (χ0) is 19.9. The van der Waals surface area contributed by atoms with E-state index in [2.05, 4.69) is 10.6 Å². The lowest BCUT2D eigenvalue weighted by atomic mass is 10.1. The molecule has 0 saturated heterocycles. The smallest absolute Gasteiger partial charge is 0.308 e. The molecule has 0 spiro atoms. The van der Waals surface area contributed by atoms with E-state index in [-0.39, 0.29) is 24.2 Å². The molecule has 0 unspecified atom stereocenters. The predicted molar refractivity (Wildman–Crippen MR) is 93.5 cm³/mol. The Balaban J connectivity index is 2.40. The lowest BCUT2D eigenvalue weighted by Gasteiger charge is -2.23. The summed E-state index contributed by atoms with van der Waals surface area (Å²) in [6.07, 6.45) is -1.04. The van der Waals surface area contributed by atoms with Gasteiger partial charge in [0.05, 0.1) is 11.3 Å². The number of benzene rings is 1. The van der Waals surface area contributed by atoms with E-state index in [4.69, 9.17) is 4.74 Å². The number of carbonyl (C=O) groups is 3. The minimum absolute atomic E-state index is 0.0161. The zero-order valence-corrected chi connectivity index (χ0v) is 15.2. The average molecular weight is 365 g/mol. The molecule has 142 valence electrons. The van der Waals surface area contributed by atoms with Crippen molar-refractivity contribution in [3.8, 4) is 0 Å². The molecule has 0 heterocycles. The molecule has 0 bridgehead atoms. The Hall–Kier alpha value is -2.97. The lowest BCUT2D eigenvalue weighted by molar-refractivity contribution is -0.384. The Morgan fingerprint density at radius 3 is 2.27 bits per heavy atom. The van der Waals surface area contributed by atoms with Gasteiger partial charge in [-0.15, -0.1) is 0 Å². The first-order chi connectivity index (χ1) is 12.0. The number of hydrogen-bond acceptors (Lipinski definition) is 6. The van der Waals surface area contributed by atoms with Crippen molar-refractivity contribution in [2.24, 2.45) is 0 Å². The minimum atomic E-state index is -0.938. The molecule has 1 atom stereocenters. The monoisotopic (exact) mass is 365 g/mol. The van der Waals surface area contributed by atoms with Crippen molar-refractivity contribution in [3.05, 3.63) is 39.9 Å². The van der Waals surface area contributed by atoms with Crippen molar-refractivity contribution in [2.45, 2.75) is 45.8 Å². The Kier molecular flexibility index (Phi) is 7.24. The first-order valence-corrected chi connectivity index (χ1v) is 8.04. The molecule has 1 aromatic carbocycles. The highest BCUT2D eigenvalue weighted by Gasteiger charge is 2.22. The van der Waals surface area contributed by atoms with Crippen LogP contribution in [0, 0.1) is 10.1 Å². The number of hydrogen-bond donors (Lipinski definition) is 2. The average Bonchev–Trinajstić information content (AvgIpc) is 2.53. The van der Waals surface area contributed by atoms with E-state index >= 15 is 0 Å². The first kappa shape index (κ1) is 21.1. The molecule has 0 aliphatic carbocycles. The summed E-state index contributed by atoms with van der Waals surface area (Å²) in [5.41, 5.74) is -0.314. The molecule has 0 fully saturated rings. The summed E-state index contributed by atoms with van der Waals surface area (Å²) in [5.74, 6) is -1.49. The number of non-ortho nitro benzene ring substituents is 1. The summed E-state index contributed by atoms with van der Waals surface area (Å²) in [7, 11) is 0. The second-order valence-electron chi connectivity index (χ2n) is 6.68. The summed E-state index contributed by atoms with van der Waals surface area (Å²) >= 11 is 0. The van der Waals surface area contributed by atoms with E-state index in [0.717, 1.165) is 0 Å². The number of nitrogens with one attached hydrogen (secondary N) is 2. The van der Waals surface area contributed by atoms with Crippen LogP contribution in [0.2, 0.25) is 0 Å². The molecule has 9 nitrogen and oxygen atoms in total. The van der Waals surface area contributed by atoms with Gasteiger partial charge >= 0.3 is 5.97 Å². The molecule has 1 rings (SSSR count). The van der Waals surface area contributed by atoms with Gasteiger partial charge in [-0.05, 0) is 39.8 Å². The van der Waals surface area contributed by atoms with Crippen molar-refractivity contribution in [2.75, 3.05) is 6.54 Å². The second kappa shape index (κ2) is 8.93. The van der Waals surface area contributed by atoms with Gasteiger partial charge in [-0.2, -0.15) is 0 Å². The second-order valence-corrected chi connectivity index (χ2v) is 6.68. The van der Waals surface area contributed by atoms with Crippen molar-refractivity contribution in [1.29, 1.82) is 0 Å². The number of esters is 1. The molecule has 0 radical (unpaired) electrons. The Morgan fingerprint density at radius 1 is 1.19 bits per heavy atom. The molecule has 9 heteroatoms. The van der Waals surface area contributed by atoms with Crippen molar-refractivity contribution < 1.29 is 24.0 Å². The third-order valence-corrected chi connectivity index (χ3v) is 3.13. The molecule has 2 N–H and O–H groups in total. The molecule has 0 aromatic heterocycles. The molecule has 2 amide bonds. The summed E-state index contributed by atoms with van der Waals surface area (Å²) in [5, 5.41) is 15.8.